The van der Waals surface area contributed by atoms with Crippen molar-refractivity contribution in [3.8, 4) is 0 Å². The average molecular weight is 373 g/mol. The molecule has 0 spiro atoms. The lowest BCUT2D eigenvalue weighted by Gasteiger charge is -2.26. The molecule has 136 valence electrons. The van der Waals surface area contributed by atoms with Crippen LogP contribution in [0.15, 0.2) is 53.6 Å². The van der Waals surface area contributed by atoms with Crippen molar-refractivity contribution in [3.05, 3.63) is 65.7 Å². The normalized spacial score (nSPS) is 16.4. The number of aryl methyl sites for hydroxylation is 1. The zero-order chi connectivity index (χ0) is 18.3. The fourth-order valence-electron chi connectivity index (χ4n) is 3.15. The van der Waals surface area contributed by atoms with E-state index in [4.69, 9.17) is 0 Å². The summed E-state index contributed by atoms with van der Waals surface area (Å²) in [5.41, 5.74) is 1.88. The van der Waals surface area contributed by atoms with Crippen LogP contribution in [0.25, 0.3) is 0 Å². The van der Waals surface area contributed by atoms with Crippen LogP contribution in [-0.2, 0) is 30.2 Å². The smallest absolute Gasteiger partial charge is 0.243 e. The summed E-state index contributed by atoms with van der Waals surface area (Å²) in [6.07, 6.45) is 0.711. The van der Waals surface area contributed by atoms with E-state index in [9.17, 15) is 13.5 Å². The van der Waals surface area contributed by atoms with E-state index in [1.807, 2.05) is 0 Å². The first-order valence-electron chi connectivity index (χ1n) is 8.24. The standard InChI is InChI=1S/C17H19N5O3S/c1-20-16(7-8-18-20)17(23)15-11-13-12-21(9-10-22(13)19-15)26(24,25)14-5-3-2-4-6-14/h2-8,11,17,23H,9-10,12H2,1H3. The van der Waals surface area contributed by atoms with Crippen LogP contribution in [0, 0.1) is 0 Å². The maximum Gasteiger partial charge on any atom is 0.243 e. The first kappa shape index (κ1) is 17.0. The fourth-order valence-corrected chi connectivity index (χ4v) is 4.57. The molecule has 4 rings (SSSR count). The van der Waals surface area contributed by atoms with Crippen LogP contribution >= 0.6 is 0 Å². The minimum absolute atomic E-state index is 0.225. The summed E-state index contributed by atoms with van der Waals surface area (Å²) in [5.74, 6) is 0. The molecule has 8 nitrogen and oxygen atoms in total. The lowest BCUT2D eigenvalue weighted by Crippen LogP contribution is -2.38. The maximum atomic E-state index is 12.8. The number of aromatic nitrogens is 4. The predicted octanol–water partition coefficient (Wildman–Crippen LogP) is 0.903. The number of aliphatic hydroxyl groups is 1. The molecule has 0 saturated carbocycles. The zero-order valence-corrected chi connectivity index (χ0v) is 15.0. The third-order valence-corrected chi connectivity index (χ3v) is 6.44. The maximum absolute atomic E-state index is 12.8. The molecule has 1 N–H and O–H groups in total. The van der Waals surface area contributed by atoms with Crippen LogP contribution in [0.3, 0.4) is 0 Å². The molecule has 1 aliphatic rings. The summed E-state index contributed by atoms with van der Waals surface area (Å²) in [7, 11) is -1.80. The molecule has 1 atom stereocenters. The van der Waals surface area contributed by atoms with Crippen molar-refractivity contribution >= 4 is 10.0 Å². The summed E-state index contributed by atoms with van der Waals surface area (Å²) in [6, 6.07) is 11.9. The Morgan fingerprint density at radius 1 is 1.15 bits per heavy atom. The second-order valence-corrected chi connectivity index (χ2v) is 8.16. The number of benzene rings is 1. The second kappa shape index (κ2) is 6.35. The highest BCUT2D eigenvalue weighted by molar-refractivity contribution is 7.89. The lowest BCUT2D eigenvalue weighted by molar-refractivity contribution is 0.203. The molecular weight excluding hydrogens is 354 g/mol. The van der Waals surface area contributed by atoms with Gasteiger partial charge in [0.1, 0.15) is 6.10 Å². The van der Waals surface area contributed by atoms with Crippen molar-refractivity contribution in [1.29, 1.82) is 0 Å². The van der Waals surface area contributed by atoms with Crippen molar-refractivity contribution < 1.29 is 13.5 Å². The minimum atomic E-state index is -3.55. The van der Waals surface area contributed by atoms with Gasteiger partial charge in [-0.1, -0.05) is 18.2 Å². The first-order valence-corrected chi connectivity index (χ1v) is 9.68. The molecule has 0 radical (unpaired) electrons. The van der Waals surface area contributed by atoms with E-state index in [2.05, 4.69) is 10.2 Å². The molecule has 1 aromatic carbocycles. The Morgan fingerprint density at radius 3 is 2.62 bits per heavy atom. The van der Waals surface area contributed by atoms with Crippen LogP contribution in [-0.4, -0.2) is 43.9 Å². The number of sulfonamides is 1. The van der Waals surface area contributed by atoms with Gasteiger partial charge >= 0.3 is 0 Å². The van der Waals surface area contributed by atoms with Crippen LogP contribution in [0.2, 0.25) is 0 Å². The third kappa shape index (κ3) is 2.83. The van der Waals surface area contributed by atoms with Gasteiger partial charge in [-0.25, -0.2) is 8.42 Å². The van der Waals surface area contributed by atoms with Gasteiger partial charge in [-0.05, 0) is 24.3 Å². The number of nitrogens with zero attached hydrogens (tertiary/aromatic N) is 5. The van der Waals surface area contributed by atoms with E-state index in [-0.39, 0.29) is 11.4 Å². The van der Waals surface area contributed by atoms with Gasteiger partial charge in [0, 0.05) is 19.8 Å². The van der Waals surface area contributed by atoms with Gasteiger partial charge in [0.05, 0.1) is 35.1 Å². The molecule has 3 heterocycles. The van der Waals surface area contributed by atoms with E-state index < -0.39 is 16.1 Å². The zero-order valence-electron chi connectivity index (χ0n) is 14.2. The summed E-state index contributed by atoms with van der Waals surface area (Å²) in [6.45, 7) is 1.01. The van der Waals surface area contributed by atoms with E-state index in [0.29, 0.717) is 24.5 Å². The van der Waals surface area contributed by atoms with Crippen molar-refractivity contribution in [2.45, 2.75) is 24.1 Å². The number of fused-ring (bicyclic) bond motifs is 1. The molecule has 1 aliphatic heterocycles. The van der Waals surface area contributed by atoms with Crippen molar-refractivity contribution in [2.75, 3.05) is 6.54 Å². The number of hydrogen-bond donors (Lipinski definition) is 1. The summed E-state index contributed by atoms with van der Waals surface area (Å²) in [5, 5.41) is 19.0. The fraction of sp³-hybridized carbons (Fsp3) is 0.294. The van der Waals surface area contributed by atoms with E-state index >= 15 is 0 Å². The molecular formula is C17H19N5O3S. The molecule has 9 heteroatoms. The quantitative estimate of drug-likeness (QED) is 0.734. The largest absolute Gasteiger partial charge is 0.380 e. The highest BCUT2D eigenvalue weighted by Crippen LogP contribution is 2.25. The highest BCUT2D eigenvalue weighted by Gasteiger charge is 2.30. The molecule has 3 aromatic rings. The second-order valence-electron chi connectivity index (χ2n) is 6.22. The Morgan fingerprint density at radius 2 is 1.92 bits per heavy atom. The van der Waals surface area contributed by atoms with Gasteiger partial charge in [0.2, 0.25) is 10.0 Å². The van der Waals surface area contributed by atoms with Gasteiger partial charge in [0.15, 0.2) is 0 Å². The van der Waals surface area contributed by atoms with Crippen LogP contribution in [0.1, 0.15) is 23.2 Å². The average Bonchev–Trinajstić information content (AvgIpc) is 3.27. The molecule has 1 unspecified atom stereocenters. The summed E-state index contributed by atoms with van der Waals surface area (Å²) in [4.78, 5) is 0.281. The van der Waals surface area contributed by atoms with Gasteiger partial charge < -0.3 is 5.11 Å². The molecule has 0 saturated heterocycles. The van der Waals surface area contributed by atoms with E-state index in [1.165, 1.54) is 4.31 Å². The van der Waals surface area contributed by atoms with Gasteiger partial charge in [-0.15, -0.1) is 0 Å². The molecule has 0 bridgehead atoms. The van der Waals surface area contributed by atoms with Crippen molar-refractivity contribution in [1.82, 2.24) is 23.9 Å². The minimum Gasteiger partial charge on any atom is -0.380 e. The Bertz CT molecular complexity index is 1030. The Labute approximate surface area is 151 Å². The van der Waals surface area contributed by atoms with Gasteiger partial charge in [-0.2, -0.15) is 14.5 Å². The van der Waals surface area contributed by atoms with E-state index in [1.54, 1.807) is 65.1 Å². The molecule has 0 amide bonds. The van der Waals surface area contributed by atoms with E-state index in [0.717, 1.165) is 5.69 Å². The Kier molecular flexibility index (Phi) is 4.14. The third-order valence-electron chi connectivity index (χ3n) is 4.58. The Hall–Kier alpha value is -2.49. The molecule has 0 aliphatic carbocycles. The monoisotopic (exact) mass is 373 g/mol. The molecule has 26 heavy (non-hydrogen) atoms. The lowest BCUT2D eigenvalue weighted by atomic mass is 10.2. The highest BCUT2D eigenvalue weighted by atomic mass is 32.2. The topological polar surface area (TPSA) is 93.2 Å². The number of rotatable bonds is 4. The van der Waals surface area contributed by atoms with Crippen LogP contribution < -0.4 is 0 Å². The van der Waals surface area contributed by atoms with Crippen LogP contribution in [0.4, 0.5) is 0 Å². The van der Waals surface area contributed by atoms with Gasteiger partial charge in [0.25, 0.3) is 0 Å². The Balaban J connectivity index is 1.60. The SMILES string of the molecule is Cn1nccc1C(O)c1cc2n(n1)CCN(S(=O)(=O)c1ccccc1)C2. The molecule has 2 aromatic heterocycles. The van der Waals surface area contributed by atoms with Crippen molar-refractivity contribution in [3.63, 3.8) is 0 Å². The molecule has 0 fully saturated rings. The predicted molar refractivity (Wildman–Crippen MR) is 93.5 cm³/mol. The number of aliphatic hydroxyl groups excluding tert-OH is 1. The van der Waals surface area contributed by atoms with Crippen molar-refractivity contribution in [2.24, 2.45) is 7.05 Å². The summed E-state index contributed by atoms with van der Waals surface area (Å²) >= 11 is 0. The first-order chi connectivity index (χ1) is 12.5. The summed E-state index contributed by atoms with van der Waals surface area (Å²) < 4.78 is 30.4. The van der Waals surface area contributed by atoms with Gasteiger partial charge in [-0.3, -0.25) is 9.36 Å². The van der Waals surface area contributed by atoms with Crippen LogP contribution in [0.5, 0.6) is 0 Å². The number of hydrogen-bond acceptors (Lipinski definition) is 5.